The summed E-state index contributed by atoms with van der Waals surface area (Å²) in [5.41, 5.74) is 1.15. The molecule has 3 aromatic rings. The number of carbonyl (C=O) groups is 3. The Kier molecular flexibility index (Phi) is 9.44. The second-order valence-electron chi connectivity index (χ2n) is 9.95. The number of hydrogen-bond donors (Lipinski definition) is 4. The molecule has 0 fully saturated rings. The average molecular weight is 585 g/mol. The molecule has 1 aliphatic heterocycles. The fourth-order valence-electron chi connectivity index (χ4n) is 3.93. The normalized spacial score (nSPS) is 16.4. The average Bonchev–Trinajstić information content (AvgIpc) is 3.25. The lowest BCUT2D eigenvalue weighted by molar-refractivity contribution is -0.142. The van der Waals surface area contributed by atoms with Gasteiger partial charge in [0.2, 0.25) is 0 Å². The highest BCUT2D eigenvalue weighted by Gasteiger charge is 2.48. The molecular weight excluding hydrogens is 555 g/mol. The molecule has 0 saturated heterocycles. The maximum absolute atomic E-state index is 12.1. The number of urea groups is 1. The molecule has 0 aromatic heterocycles. The molecule has 3 aromatic carbocycles. The summed E-state index contributed by atoms with van der Waals surface area (Å²) in [6.07, 6.45) is -0.226. The molecule has 9 nitrogen and oxygen atoms in total. The van der Waals surface area contributed by atoms with E-state index in [4.69, 9.17) is 28.3 Å². The van der Waals surface area contributed by atoms with Crippen LogP contribution >= 0.6 is 23.2 Å². The summed E-state index contributed by atoms with van der Waals surface area (Å²) in [7, 11) is 0. The molecule has 0 bridgehead atoms. The van der Waals surface area contributed by atoms with E-state index in [0.717, 1.165) is 16.3 Å². The predicted molar refractivity (Wildman–Crippen MR) is 157 cm³/mol. The molecule has 1 unspecified atom stereocenters. The van der Waals surface area contributed by atoms with Gasteiger partial charge in [0.05, 0.1) is 16.2 Å². The Morgan fingerprint density at radius 2 is 1.60 bits per heavy atom. The molecule has 0 aliphatic carbocycles. The summed E-state index contributed by atoms with van der Waals surface area (Å²) < 4.78 is 0. The number of hydrazone groups is 1. The highest BCUT2D eigenvalue weighted by molar-refractivity contribution is 6.38. The number of nitrogens with zero attached hydrogens (tertiary/aromatic N) is 2. The van der Waals surface area contributed by atoms with E-state index in [9.17, 15) is 19.5 Å². The Hall–Kier alpha value is -4.08. The molecule has 2 amide bonds. The number of carbonyl (C=O) groups excluding carboxylic acids is 1. The van der Waals surface area contributed by atoms with Crippen LogP contribution < -0.4 is 15.6 Å². The van der Waals surface area contributed by atoms with Crippen molar-refractivity contribution < 1.29 is 24.6 Å². The zero-order valence-corrected chi connectivity index (χ0v) is 23.9. The number of aliphatic carboxylic acids is 2. The number of aryl methyl sites for hydroxylation is 1. The second-order valence-corrected chi connectivity index (χ2v) is 10.8. The van der Waals surface area contributed by atoms with E-state index >= 15 is 0 Å². The molecule has 0 radical (unpaired) electrons. The van der Waals surface area contributed by atoms with Crippen LogP contribution in [0.1, 0.15) is 38.3 Å². The second kappa shape index (κ2) is 12.4. The Morgan fingerprint density at radius 3 is 2.15 bits per heavy atom. The fraction of sp³-hybridized carbons (Fsp3) is 0.241. The van der Waals surface area contributed by atoms with E-state index in [2.05, 4.69) is 15.7 Å². The number of hydrogen-bond acceptors (Lipinski definition) is 5. The van der Waals surface area contributed by atoms with Gasteiger partial charge in [-0.1, -0.05) is 71.2 Å². The maximum atomic E-state index is 12.1. The molecule has 1 atom stereocenters. The van der Waals surface area contributed by atoms with Crippen LogP contribution in [0.4, 0.5) is 16.2 Å². The van der Waals surface area contributed by atoms with Crippen molar-refractivity contribution in [2.24, 2.45) is 5.10 Å². The summed E-state index contributed by atoms with van der Waals surface area (Å²) in [5, 5.41) is 29.8. The topological polar surface area (TPSA) is 131 Å². The van der Waals surface area contributed by atoms with Crippen LogP contribution in [0.15, 0.2) is 77.9 Å². The van der Waals surface area contributed by atoms with Gasteiger partial charge in [0.1, 0.15) is 5.71 Å². The zero-order chi connectivity index (χ0) is 29.7. The number of benzene rings is 3. The number of halogens is 2. The summed E-state index contributed by atoms with van der Waals surface area (Å²) in [4.78, 5) is 34.6. The quantitative estimate of drug-likeness (QED) is 0.260. The van der Waals surface area contributed by atoms with Crippen molar-refractivity contribution in [2.45, 2.75) is 45.2 Å². The SMILES string of the molecule is CC1(C(=O)O)CC(C(=O)O)=NN1c1ccc(Cl)cc1Cl.Cc1ccc(NC(=O)NC(C)(C)c2ccccc2)cc1. The Labute approximate surface area is 242 Å². The molecular formula is C29H30Cl2N4O5. The van der Waals surface area contributed by atoms with Crippen LogP contribution in [0.3, 0.4) is 0 Å². The molecule has 40 heavy (non-hydrogen) atoms. The first-order valence-electron chi connectivity index (χ1n) is 12.2. The van der Waals surface area contributed by atoms with Crippen LogP contribution in [0.5, 0.6) is 0 Å². The zero-order valence-electron chi connectivity index (χ0n) is 22.4. The van der Waals surface area contributed by atoms with E-state index in [1.165, 1.54) is 30.7 Å². The van der Waals surface area contributed by atoms with Crippen LogP contribution in [0.25, 0.3) is 0 Å². The minimum atomic E-state index is -1.51. The Morgan fingerprint density at radius 1 is 0.975 bits per heavy atom. The minimum absolute atomic E-state index is 0.195. The summed E-state index contributed by atoms with van der Waals surface area (Å²) in [6, 6.07) is 21.9. The van der Waals surface area contributed by atoms with Gasteiger partial charge in [0.25, 0.3) is 0 Å². The van der Waals surface area contributed by atoms with Gasteiger partial charge in [-0.15, -0.1) is 0 Å². The van der Waals surface area contributed by atoms with E-state index < -0.39 is 23.0 Å². The molecule has 11 heteroatoms. The van der Waals surface area contributed by atoms with Gasteiger partial charge in [-0.2, -0.15) is 5.10 Å². The minimum Gasteiger partial charge on any atom is -0.479 e. The van der Waals surface area contributed by atoms with Gasteiger partial charge in [-0.25, -0.2) is 19.4 Å². The molecule has 0 saturated carbocycles. The van der Waals surface area contributed by atoms with E-state index in [-0.39, 0.29) is 28.9 Å². The lowest BCUT2D eigenvalue weighted by Gasteiger charge is -2.30. The van der Waals surface area contributed by atoms with E-state index in [1.54, 1.807) is 0 Å². The van der Waals surface area contributed by atoms with Gasteiger partial charge in [-0.05, 0) is 63.6 Å². The molecule has 1 aliphatic rings. The van der Waals surface area contributed by atoms with Crippen molar-refractivity contribution in [3.63, 3.8) is 0 Å². The Bertz CT molecular complexity index is 1430. The molecule has 4 N–H and O–H groups in total. The lowest BCUT2D eigenvalue weighted by atomic mass is 9.95. The first kappa shape index (κ1) is 30.5. The highest BCUT2D eigenvalue weighted by Crippen LogP contribution is 2.38. The lowest BCUT2D eigenvalue weighted by Crippen LogP contribution is -2.47. The number of carboxylic acid groups (broad SMARTS) is 2. The van der Waals surface area contributed by atoms with Gasteiger partial charge in [-0.3, -0.25) is 0 Å². The first-order chi connectivity index (χ1) is 18.7. The first-order valence-corrected chi connectivity index (χ1v) is 13.0. The number of nitrogens with one attached hydrogen (secondary N) is 2. The van der Waals surface area contributed by atoms with E-state index in [1.807, 2.05) is 75.4 Å². The third kappa shape index (κ3) is 7.31. The van der Waals surface area contributed by atoms with E-state index in [0.29, 0.717) is 5.02 Å². The molecule has 4 rings (SSSR count). The van der Waals surface area contributed by atoms with Crippen LogP contribution in [0, 0.1) is 6.92 Å². The van der Waals surface area contributed by atoms with Crippen molar-refractivity contribution in [3.8, 4) is 0 Å². The van der Waals surface area contributed by atoms with Gasteiger partial charge in [0, 0.05) is 17.1 Å². The number of amides is 2. The van der Waals surface area contributed by atoms with Crippen LogP contribution in [-0.4, -0.2) is 39.4 Å². The number of carboxylic acids is 2. The van der Waals surface area contributed by atoms with Crippen LogP contribution in [-0.2, 0) is 15.1 Å². The largest absolute Gasteiger partial charge is 0.479 e. The number of anilines is 2. The van der Waals surface area contributed by atoms with Crippen molar-refractivity contribution in [2.75, 3.05) is 10.3 Å². The van der Waals surface area contributed by atoms with Gasteiger partial charge < -0.3 is 20.8 Å². The third-order valence-electron chi connectivity index (χ3n) is 6.28. The number of rotatable bonds is 6. The highest BCUT2D eigenvalue weighted by atomic mass is 35.5. The molecule has 0 spiro atoms. The predicted octanol–water partition coefficient (Wildman–Crippen LogP) is 6.54. The summed E-state index contributed by atoms with van der Waals surface area (Å²) >= 11 is 11.8. The van der Waals surface area contributed by atoms with Crippen LogP contribution in [0.2, 0.25) is 10.0 Å². The molecule has 210 valence electrons. The Balaban J connectivity index is 0.000000220. The van der Waals surface area contributed by atoms with Gasteiger partial charge >= 0.3 is 18.0 Å². The summed E-state index contributed by atoms with van der Waals surface area (Å²) in [6.45, 7) is 7.37. The fourth-order valence-corrected chi connectivity index (χ4v) is 4.42. The van der Waals surface area contributed by atoms with Crippen molar-refractivity contribution in [3.05, 3.63) is 94.0 Å². The molecule has 1 heterocycles. The standard InChI is InChI=1S/C17H20N2O.C12H10Cl2N2O4/c1-13-9-11-15(12-10-13)18-16(20)19-17(2,3)14-7-5-4-6-8-14;1-12(11(19)20)5-8(10(17)18)15-16(12)9-3-2-6(13)4-7(9)14/h4-12H,1-3H3,(H2,18,19,20);2-4H,5H2,1H3,(H,17,18)(H,19,20). The maximum Gasteiger partial charge on any atom is 0.352 e. The van der Waals surface area contributed by atoms with Gasteiger partial charge in [0.15, 0.2) is 5.54 Å². The van der Waals surface area contributed by atoms with Crippen molar-refractivity contribution >= 4 is 58.3 Å². The van der Waals surface area contributed by atoms with Crippen molar-refractivity contribution in [1.82, 2.24) is 5.32 Å². The third-order valence-corrected chi connectivity index (χ3v) is 6.81. The smallest absolute Gasteiger partial charge is 0.352 e. The summed E-state index contributed by atoms with van der Waals surface area (Å²) in [5.74, 6) is -2.45. The monoisotopic (exact) mass is 584 g/mol. The van der Waals surface area contributed by atoms with Crippen molar-refractivity contribution in [1.29, 1.82) is 0 Å².